The molecule has 88 valence electrons. The molecule has 0 aliphatic rings. The molecule has 4 heteroatoms. The molecule has 0 heterocycles. The molecule has 0 spiro atoms. The van der Waals surface area contributed by atoms with Gasteiger partial charge >= 0.3 is 0 Å². The summed E-state index contributed by atoms with van der Waals surface area (Å²) >= 11 is 3.41. The lowest BCUT2D eigenvalue weighted by molar-refractivity contribution is 0.0709. The van der Waals surface area contributed by atoms with Gasteiger partial charge in [0.15, 0.2) is 5.78 Å². The van der Waals surface area contributed by atoms with E-state index in [-0.39, 0.29) is 19.0 Å². The molecule has 0 saturated heterocycles. The number of hydrogen-bond donors (Lipinski definition) is 0. The van der Waals surface area contributed by atoms with Crippen LogP contribution in [0, 0.1) is 0 Å². The highest BCUT2D eigenvalue weighted by atomic mass is 79.9. The summed E-state index contributed by atoms with van der Waals surface area (Å²) < 4.78 is 9.30. The maximum atomic E-state index is 12.2. The van der Waals surface area contributed by atoms with Gasteiger partial charge in [0.25, 0.3) is 0 Å². The predicted octanol–water partition coefficient (Wildman–Crippen LogP) is 2.30. The van der Waals surface area contributed by atoms with Crippen molar-refractivity contribution in [3.63, 3.8) is 0 Å². The molecule has 0 N–H and O–H groups in total. The van der Waals surface area contributed by atoms with Gasteiger partial charge in [-0.05, 0) is 0 Å². The smallest absolute Gasteiger partial charge is 0.184 e. The van der Waals surface area contributed by atoms with Crippen LogP contribution in [0.25, 0.3) is 0 Å². The molecule has 0 fully saturated rings. The Labute approximate surface area is 104 Å². The van der Waals surface area contributed by atoms with E-state index in [9.17, 15) is 4.79 Å². The van der Waals surface area contributed by atoms with E-state index in [1.165, 1.54) is 0 Å². The quantitative estimate of drug-likeness (QED) is 0.595. The Morgan fingerprint density at radius 2 is 1.69 bits per heavy atom. The molecule has 1 aromatic rings. The average Bonchev–Trinajstić information content (AvgIpc) is 2.30. The lowest BCUT2D eigenvalue weighted by Gasteiger charge is -2.24. The van der Waals surface area contributed by atoms with Gasteiger partial charge in [0.05, 0.1) is 13.2 Å². The van der Waals surface area contributed by atoms with Gasteiger partial charge in [-0.2, -0.15) is 0 Å². The van der Waals surface area contributed by atoms with Crippen molar-refractivity contribution in [3.8, 4) is 0 Å². The molecule has 1 aromatic carbocycles. The highest BCUT2D eigenvalue weighted by molar-refractivity contribution is 9.10. The maximum absolute atomic E-state index is 12.2. The van der Waals surface area contributed by atoms with Crippen LogP contribution in [0.4, 0.5) is 0 Å². The fraction of sp³-hybridized carbons (Fsp3) is 0.417. The Balaban J connectivity index is 2.91. The van der Waals surface area contributed by atoms with Crippen LogP contribution in [0.3, 0.4) is 0 Å². The number of ketones is 1. The lowest BCUT2D eigenvalue weighted by atomic mass is 9.99. The van der Waals surface area contributed by atoms with Crippen molar-refractivity contribution in [1.29, 1.82) is 0 Å². The SMILES string of the molecule is COCC(Br)(COC)C(=O)c1ccccc1. The first-order valence-corrected chi connectivity index (χ1v) is 5.70. The van der Waals surface area contributed by atoms with E-state index in [0.29, 0.717) is 5.56 Å². The Kier molecular flexibility index (Phi) is 5.12. The first-order chi connectivity index (χ1) is 7.64. The van der Waals surface area contributed by atoms with Gasteiger partial charge in [-0.15, -0.1) is 0 Å². The lowest BCUT2D eigenvalue weighted by Crippen LogP contribution is -2.41. The van der Waals surface area contributed by atoms with Crippen molar-refractivity contribution in [2.45, 2.75) is 4.32 Å². The number of carbonyl (C=O) groups excluding carboxylic acids is 1. The summed E-state index contributed by atoms with van der Waals surface area (Å²) in [5, 5.41) is 0. The number of alkyl halides is 1. The van der Waals surface area contributed by atoms with Crippen molar-refractivity contribution in [1.82, 2.24) is 0 Å². The molecule has 0 atom stereocenters. The number of hydrogen-bond acceptors (Lipinski definition) is 3. The molecule has 1 rings (SSSR count). The van der Waals surface area contributed by atoms with Gasteiger partial charge < -0.3 is 9.47 Å². The minimum absolute atomic E-state index is 0.0307. The second-order valence-corrected chi connectivity index (χ2v) is 5.04. The first-order valence-electron chi connectivity index (χ1n) is 4.90. The second kappa shape index (κ2) is 6.13. The fourth-order valence-electron chi connectivity index (χ4n) is 1.48. The predicted molar refractivity (Wildman–Crippen MR) is 66.2 cm³/mol. The second-order valence-electron chi connectivity index (χ2n) is 3.53. The zero-order valence-corrected chi connectivity index (χ0v) is 11.0. The monoisotopic (exact) mass is 286 g/mol. The number of Topliss-reactive ketones (excluding diaryl/α,β-unsaturated/α-hetero) is 1. The molecule has 0 aromatic heterocycles. The number of carbonyl (C=O) groups is 1. The summed E-state index contributed by atoms with van der Waals surface area (Å²) in [5.74, 6) is -0.0307. The summed E-state index contributed by atoms with van der Waals surface area (Å²) in [7, 11) is 3.12. The number of benzene rings is 1. The third kappa shape index (κ3) is 3.14. The Morgan fingerprint density at radius 3 is 2.12 bits per heavy atom. The molecule has 0 amide bonds. The highest BCUT2D eigenvalue weighted by Gasteiger charge is 2.36. The Bertz CT molecular complexity index is 331. The van der Waals surface area contributed by atoms with Crippen LogP contribution in [-0.4, -0.2) is 37.5 Å². The summed E-state index contributed by atoms with van der Waals surface area (Å²) in [6, 6.07) is 9.10. The molecule has 3 nitrogen and oxygen atoms in total. The van der Waals surface area contributed by atoms with E-state index in [4.69, 9.17) is 9.47 Å². The average molecular weight is 287 g/mol. The van der Waals surface area contributed by atoms with Crippen LogP contribution in [0.15, 0.2) is 30.3 Å². The van der Waals surface area contributed by atoms with Gasteiger partial charge in [-0.25, -0.2) is 0 Å². The normalized spacial score (nSPS) is 11.4. The molecule has 0 unspecified atom stereocenters. The largest absolute Gasteiger partial charge is 0.383 e. The van der Waals surface area contributed by atoms with E-state index in [2.05, 4.69) is 15.9 Å². The van der Waals surface area contributed by atoms with E-state index in [1.807, 2.05) is 18.2 Å². The van der Waals surface area contributed by atoms with Crippen LogP contribution >= 0.6 is 15.9 Å². The van der Waals surface area contributed by atoms with E-state index >= 15 is 0 Å². The van der Waals surface area contributed by atoms with Crippen molar-refractivity contribution < 1.29 is 14.3 Å². The molecule has 0 saturated carbocycles. The number of rotatable bonds is 6. The third-order valence-corrected chi connectivity index (χ3v) is 3.01. The standard InChI is InChI=1S/C12H15BrO3/c1-15-8-12(13,9-16-2)11(14)10-6-4-3-5-7-10/h3-7H,8-9H2,1-2H3. The van der Waals surface area contributed by atoms with E-state index < -0.39 is 4.32 Å². The molecule has 0 aliphatic carbocycles. The van der Waals surface area contributed by atoms with Crippen molar-refractivity contribution in [2.24, 2.45) is 0 Å². The van der Waals surface area contributed by atoms with Crippen LogP contribution in [0.2, 0.25) is 0 Å². The molecular weight excluding hydrogens is 272 g/mol. The maximum Gasteiger partial charge on any atom is 0.184 e. The Hall–Kier alpha value is -0.710. The molecule has 0 radical (unpaired) electrons. The van der Waals surface area contributed by atoms with Crippen LogP contribution < -0.4 is 0 Å². The highest BCUT2D eigenvalue weighted by Crippen LogP contribution is 2.24. The van der Waals surface area contributed by atoms with Gasteiger partial charge in [0, 0.05) is 19.8 Å². The molecule has 0 bridgehead atoms. The molecular formula is C12H15BrO3. The number of methoxy groups -OCH3 is 2. The van der Waals surface area contributed by atoms with Gasteiger partial charge in [0.1, 0.15) is 4.32 Å². The fourth-order valence-corrected chi connectivity index (χ4v) is 2.17. The van der Waals surface area contributed by atoms with Crippen LogP contribution in [-0.2, 0) is 9.47 Å². The van der Waals surface area contributed by atoms with Crippen molar-refractivity contribution in [3.05, 3.63) is 35.9 Å². The van der Waals surface area contributed by atoms with Gasteiger partial charge in [-0.1, -0.05) is 46.3 Å². The molecule has 16 heavy (non-hydrogen) atoms. The Morgan fingerprint density at radius 1 is 1.19 bits per heavy atom. The van der Waals surface area contributed by atoms with Gasteiger partial charge in [0.2, 0.25) is 0 Å². The third-order valence-electron chi connectivity index (χ3n) is 2.19. The van der Waals surface area contributed by atoms with Crippen LogP contribution in [0.5, 0.6) is 0 Å². The van der Waals surface area contributed by atoms with E-state index in [0.717, 1.165) is 0 Å². The van der Waals surface area contributed by atoms with Crippen LogP contribution in [0.1, 0.15) is 10.4 Å². The minimum Gasteiger partial charge on any atom is -0.383 e. The van der Waals surface area contributed by atoms with Gasteiger partial charge in [-0.3, -0.25) is 4.79 Å². The number of ether oxygens (including phenoxy) is 2. The van der Waals surface area contributed by atoms with Crippen molar-refractivity contribution >= 4 is 21.7 Å². The summed E-state index contributed by atoms with van der Waals surface area (Å²) in [4.78, 5) is 12.2. The molecule has 0 aliphatic heterocycles. The van der Waals surface area contributed by atoms with Crippen molar-refractivity contribution in [2.75, 3.05) is 27.4 Å². The summed E-state index contributed by atoms with van der Waals surface area (Å²) in [6.45, 7) is 0.545. The zero-order chi connectivity index (χ0) is 12.0. The zero-order valence-electron chi connectivity index (χ0n) is 9.40. The minimum atomic E-state index is -0.808. The van der Waals surface area contributed by atoms with E-state index in [1.54, 1.807) is 26.4 Å². The summed E-state index contributed by atoms with van der Waals surface area (Å²) in [6.07, 6.45) is 0. The first kappa shape index (κ1) is 13.4. The topological polar surface area (TPSA) is 35.5 Å². The summed E-state index contributed by atoms with van der Waals surface area (Å²) in [5.41, 5.74) is 0.647. The number of halogens is 1.